The Morgan fingerprint density at radius 2 is 1.80 bits per heavy atom. The fraction of sp³-hybridized carbons (Fsp3) is 0.786. The summed E-state index contributed by atoms with van der Waals surface area (Å²) in [5.74, 6) is -1.17. The molecule has 1 rings (SSSR count). The number of carbonyl (C=O) groups is 3. The van der Waals surface area contributed by atoms with Gasteiger partial charge in [-0.15, -0.1) is 0 Å². The van der Waals surface area contributed by atoms with Crippen LogP contribution in [0.3, 0.4) is 0 Å². The van der Waals surface area contributed by atoms with Crippen molar-refractivity contribution in [3.8, 4) is 0 Å². The summed E-state index contributed by atoms with van der Waals surface area (Å²) in [5, 5.41) is 13.9. The second kappa shape index (κ2) is 6.72. The molecule has 0 spiro atoms. The van der Waals surface area contributed by atoms with Crippen LogP contribution in [0.1, 0.15) is 52.9 Å². The number of carboxylic acids is 1. The molecule has 1 atom stereocenters. The van der Waals surface area contributed by atoms with Crippen molar-refractivity contribution in [2.24, 2.45) is 11.3 Å². The van der Waals surface area contributed by atoms with Gasteiger partial charge in [0.05, 0.1) is 5.41 Å². The van der Waals surface area contributed by atoms with Crippen LogP contribution in [0.2, 0.25) is 0 Å². The van der Waals surface area contributed by atoms with Crippen LogP contribution >= 0.6 is 0 Å². The van der Waals surface area contributed by atoms with Crippen molar-refractivity contribution in [1.29, 1.82) is 0 Å². The van der Waals surface area contributed by atoms with E-state index in [0.717, 1.165) is 12.8 Å². The maximum atomic E-state index is 11.7. The first-order valence-corrected chi connectivity index (χ1v) is 7.06. The van der Waals surface area contributed by atoms with E-state index in [1.165, 1.54) is 26.7 Å². The maximum absolute atomic E-state index is 11.7. The topological polar surface area (TPSA) is 95.5 Å². The van der Waals surface area contributed by atoms with Crippen LogP contribution in [-0.2, 0) is 9.59 Å². The van der Waals surface area contributed by atoms with Crippen LogP contribution in [0.4, 0.5) is 4.79 Å². The molecule has 6 nitrogen and oxygen atoms in total. The number of hydrogen-bond acceptors (Lipinski definition) is 3. The molecular formula is C14H24N2O4. The van der Waals surface area contributed by atoms with E-state index in [1.54, 1.807) is 0 Å². The van der Waals surface area contributed by atoms with Gasteiger partial charge < -0.3 is 10.4 Å². The Morgan fingerprint density at radius 3 is 2.30 bits per heavy atom. The smallest absolute Gasteiger partial charge is 0.321 e. The molecule has 114 valence electrons. The van der Waals surface area contributed by atoms with Crippen LogP contribution in [0, 0.1) is 11.3 Å². The quantitative estimate of drug-likeness (QED) is 0.718. The number of urea groups is 1. The summed E-state index contributed by atoms with van der Waals surface area (Å²) >= 11 is 0. The highest BCUT2D eigenvalue weighted by molar-refractivity contribution is 5.96. The summed E-state index contributed by atoms with van der Waals surface area (Å²) in [7, 11) is 0. The zero-order valence-corrected chi connectivity index (χ0v) is 12.4. The Bertz CT molecular complexity index is 387. The highest BCUT2D eigenvalue weighted by atomic mass is 16.4. The fourth-order valence-electron chi connectivity index (χ4n) is 2.47. The van der Waals surface area contributed by atoms with Crippen LogP contribution < -0.4 is 10.6 Å². The highest BCUT2D eigenvalue weighted by Gasteiger charge is 2.31. The molecule has 6 heteroatoms. The number of amides is 3. The molecule has 0 aliphatic heterocycles. The molecule has 1 unspecified atom stereocenters. The summed E-state index contributed by atoms with van der Waals surface area (Å²) in [5.41, 5.74) is -1.18. The lowest BCUT2D eigenvalue weighted by atomic mass is 9.89. The van der Waals surface area contributed by atoms with E-state index in [9.17, 15) is 14.4 Å². The number of hydrogen-bond donors (Lipinski definition) is 3. The molecule has 3 N–H and O–H groups in total. The van der Waals surface area contributed by atoms with Gasteiger partial charge in [0.15, 0.2) is 0 Å². The molecular weight excluding hydrogens is 260 g/mol. The third-order valence-corrected chi connectivity index (χ3v) is 3.90. The molecule has 1 saturated carbocycles. The van der Waals surface area contributed by atoms with Gasteiger partial charge >= 0.3 is 12.0 Å². The standard InChI is InChI=1S/C14H24N2O4/c1-9(10-6-4-5-7-10)15-13(20)16-11(17)8-14(2,3)12(18)19/h9-10H,4-8H2,1-3H3,(H,18,19)(H2,15,16,17,20). The Kier molecular flexibility index (Phi) is 5.53. The molecule has 0 aromatic rings. The van der Waals surface area contributed by atoms with Crippen molar-refractivity contribution in [2.45, 2.75) is 58.9 Å². The molecule has 0 bridgehead atoms. The first-order valence-electron chi connectivity index (χ1n) is 7.06. The summed E-state index contributed by atoms with van der Waals surface area (Å²) in [6, 6.07) is -0.520. The zero-order chi connectivity index (χ0) is 15.3. The number of nitrogens with one attached hydrogen (secondary N) is 2. The average Bonchev–Trinajstić information content (AvgIpc) is 2.80. The van der Waals surface area contributed by atoms with Crippen LogP contribution in [0.5, 0.6) is 0 Å². The number of carboxylic acid groups (broad SMARTS) is 1. The van der Waals surface area contributed by atoms with Crippen LogP contribution in [-0.4, -0.2) is 29.1 Å². The van der Waals surface area contributed by atoms with Gasteiger partial charge in [-0.3, -0.25) is 14.9 Å². The summed E-state index contributed by atoms with van der Waals surface area (Å²) in [4.78, 5) is 34.2. The van der Waals surface area contributed by atoms with Crippen molar-refractivity contribution >= 4 is 17.9 Å². The van der Waals surface area contributed by atoms with E-state index in [1.807, 2.05) is 6.92 Å². The summed E-state index contributed by atoms with van der Waals surface area (Å²) in [6.07, 6.45) is 4.34. The van der Waals surface area contributed by atoms with E-state index in [0.29, 0.717) is 5.92 Å². The number of rotatable bonds is 5. The molecule has 1 aliphatic carbocycles. The van der Waals surface area contributed by atoms with Gasteiger partial charge in [0.2, 0.25) is 5.91 Å². The number of imide groups is 1. The molecule has 0 aromatic carbocycles. The van der Waals surface area contributed by atoms with E-state index < -0.39 is 23.3 Å². The predicted molar refractivity (Wildman–Crippen MR) is 74.1 cm³/mol. The second-order valence-corrected chi connectivity index (χ2v) is 6.22. The van der Waals surface area contributed by atoms with Crippen LogP contribution in [0.25, 0.3) is 0 Å². The third kappa shape index (κ3) is 4.83. The minimum Gasteiger partial charge on any atom is -0.481 e. The largest absolute Gasteiger partial charge is 0.481 e. The van der Waals surface area contributed by atoms with Gasteiger partial charge in [0.1, 0.15) is 0 Å². The van der Waals surface area contributed by atoms with Gasteiger partial charge in [-0.25, -0.2) is 4.79 Å². The maximum Gasteiger partial charge on any atom is 0.321 e. The highest BCUT2D eigenvalue weighted by Crippen LogP contribution is 2.27. The number of carbonyl (C=O) groups excluding carboxylic acids is 2. The van der Waals surface area contributed by atoms with E-state index in [-0.39, 0.29) is 12.5 Å². The molecule has 20 heavy (non-hydrogen) atoms. The predicted octanol–water partition coefficient (Wildman–Crippen LogP) is 1.89. The van der Waals surface area contributed by atoms with Crippen LogP contribution in [0.15, 0.2) is 0 Å². The Balaban J connectivity index is 2.38. The van der Waals surface area contributed by atoms with E-state index in [4.69, 9.17) is 5.11 Å². The Morgan fingerprint density at radius 1 is 1.25 bits per heavy atom. The molecule has 0 radical (unpaired) electrons. The zero-order valence-electron chi connectivity index (χ0n) is 12.4. The van der Waals surface area contributed by atoms with Crippen molar-refractivity contribution in [2.75, 3.05) is 0 Å². The second-order valence-electron chi connectivity index (χ2n) is 6.22. The molecule has 1 fully saturated rings. The van der Waals surface area contributed by atoms with Crippen molar-refractivity contribution < 1.29 is 19.5 Å². The van der Waals surface area contributed by atoms with Gasteiger partial charge in [-0.1, -0.05) is 12.8 Å². The Labute approximate surface area is 119 Å². The lowest BCUT2D eigenvalue weighted by Crippen LogP contribution is -2.46. The SMILES string of the molecule is CC(NC(=O)NC(=O)CC(C)(C)C(=O)O)C1CCCC1. The van der Waals surface area contributed by atoms with Crippen molar-refractivity contribution in [3.63, 3.8) is 0 Å². The van der Waals surface area contributed by atoms with Gasteiger partial charge in [0, 0.05) is 12.5 Å². The lowest BCUT2D eigenvalue weighted by Gasteiger charge is -2.21. The molecule has 3 amide bonds. The molecule has 1 aliphatic rings. The normalized spacial score (nSPS) is 17.6. The van der Waals surface area contributed by atoms with Crippen molar-refractivity contribution in [1.82, 2.24) is 10.6 Å². The summed E-state index contributed by atoms with van der Waals surface area (Å²) < 4.78 is 0. The molecule has 0 heterocycles. The first kappa shape index (κ1) is 16.5. The number of aliphatic carboxylic acids is 1. The monoisotopic (exact) mass is 284 g/mol. The minimum atomic E-state index is -1.18. The van der Waals surface area contributed by atoms with Gasteiger partial charge in [-0.05, 0) is 39.5 Å². The fourth-order valence-corrected chi connectivity index (χ4v) is 2.47. The van der Waals surface area contributed by atoms with Gasteiger partial charge in [-0.2, -0.15) is 0 Å². The molecule has 0 saturated heterocycles. The van der Waals surface area contributed by atoms with E-state index >= 15 is 0 Å². The molecule has 0 aromatic heterocycles. The van der Waals surface area contributed by atoms with Crippen molar-refractivity contribution in [3.05, 3.63) is 0 Å². The third-order valence-electron chi connectivity index (χ3n) is 3.90. The van der Waals surface area contributed by atoms with E-state index in [2.05, 4.69) is 10.6 Å². The summed E-state index contributed by atoms with van der Waals surface area (Å²) in [6.45, 7) is 4.84. The average molecular weight is 284 g/mol. The van der Waals surface area contributed by atoms with Gasteiger partial charge in [0.25, 0.3) is 0 Å². The first-order chi connectivity index (χ1) is 9.22. The minimum absolute atomic E-state index is 0.0257. The Hall–Kier alpha value is -1.59. The lowest BCUT2D eigenvalue weighted by molar-refractivity contribution is -0.149.